The maximum absolute atomic E-state index is 12.5. The molecule has 1 heterocycles. The third kappa shape index (κ3) is 4.61. The summed E-state index contributed by atoms with van der Waals surface area (Å²) in [6.45, 7) is 5.94. The van der Waals surface area contributed by atoms with Crippen LogP contribution in [0.4, 0.5) is 0 Å². The van der Waals surface area contributed by atoms with E-state index in [1.807, 2.05) is 20.8 Å². The van der Waals surface area contributed by atoms with Crippen molar-refractivity contribution in [3.05, 3.63) is 53.9 Å². The summed E-state index contributed by atoms with van der Waals surface area (Å²) in [5.41, 5.74) is 0.953. The van der Waals surface area contributed by atoms with Crippen LogP contribution in [0.2, 0.25) is 0 Å². The van der Waals surface area contributed by atoms with E-state index >= 15 is 0 Å². The molecule has 30 heavy (non-hydrogen) atoms. The Morgan fingerprint density at radius 2 is 1.77 bits per heavy atom. The molecular weight excluding hydrogens is 390 g/mol. The first-order chi connectivity index (χ1) is 14.4. The number of benzene rings is 2. The fourth-order valence-electron chi connectivity index (χ4n) is 4.20. The van der Waals surface area contributed by atoms with E-state index in [4.69, 9.17) is 0 Å². The second kappa shape index (κ2) is 8.93. The summed E-state index contributed by atoms with van der Waals surface area (Å²) in [5, 5.41) is 12.6. The first-order valence-corrected chi connectivity index (χ1v) is 12.0. The van der Waals surface area contributed by atoms with Gasteiger partial charge < -0.3 is 4.57 Å². The molecule has 2 aromatic carbocycles. The van der Waals surface area contributed by atoms with Gasteiger partial charge in [0.15, 0.2) is 5.16 Å². The molecule has 0 bridgehead atoms. The molecule has 1 fully saturated rings. The lowest BCUT2D eigenvalue weighted by molar-refractivity contribution is -0.123. The zero-order chi connectivity index (χ0) is 21.1. The van der Waals surface area contributed by atoms with Crippen molar-refractivity contribution in [3.8, 4) is 0 Å². The summed E-state index contributed by atoms with van der Waals surface area (Å²) in [5.74, 6) is 1.72. The van der Waals surface area contributed by atoms with Gasteiger partial charge in [-0.1, -0.05) is 94.3 Å². The van der Waals surface area contributed by atoms with Gasteiger partial charge in [-0.05, 0) is 29.2 Å². The van der Waals surface area contributed by atoms with Gasteiger partial charge in [-0.25, -0.2) is 0 Å². The Labute approximate surface area is 183 Å². The van der Waals surface area contributed by atoms with E-state index in [-0.39, 0.29) is 11.2 Å². The Morgan fingerprint density at radius 1 is 1.03 bits per heavy atom. The first-order valence-electron chi connectivity index (χ1n) is 11.0. The lowest BCUT2D eigenvalue weighted by atomic mass is 9.92. The van der Waals surface area contributed by atoms with Crippen LogP contribution in [-0.2, 0) is 11.2 Å². The van der Waals surface area contributed by atoms with Crippen LogP contribution in [0.3, 0.4) is 0 Å². The van der Waals surface area contributed by atoms with Crippen LogP contribution in [0.1, 0.15) is 70.3 Å². The number of hydrogen-bond acceptors (Lipinski definition) is 4. The number of aromatic nitrogens is 3. The molecule has 0 amide bonds. The van der Waals surface area contributed by atoms with Crippen LogP contribution in [0.5, 0.6) is 0 Å². The van der Waals surface area contributed by atoms with Crippen LogP contribution < -0.4 is 0 Å². The van der Waals surface area contributed by atoms with Gasteiger partial charge in [-0.2, -0.15) is 0 Å². The predicted molar refractivity (Wildman–Crippen MR) is 124 cm³/mol. The fourth-order valence-corrected chi connectivity index (χ4v) is 5.38. The van der Waals surface area contributed by atoms with E-state index in [0.29, 0.717) is 11.8 Å². The first kappa shape index (κ1) is 21.1. The predicted octanol–water partition coefficient (Wildman–Crippen LogP) is 6.23. The average molecular weight is 422 g/mol. The Hall–Kier alpha value is -2.14. The molecule has 4 nitrogen and oxygen atoms in total. The highest BCUT2D eigenvalue weighted by atomic mass is 32.2. The van der Waals surface area contributed by atoms with Gasteiger partial charge in [0.1, 0.15) is 11.6 Å². The van der Waals surface area contributed by atoms with Crippen molar-refractivity contribution in [2.45, 2.75) is 70.5 Å². The van der Waals surface area contributed by atoms with E-state index in [1.165, 1.54) is 48.4 Å². The summed E-state index contributed by atoms with van der Waals surface area (Å²) in [6, 6.07) is 15.4. The van der Waals surface area contributed by atoms with Crippen LogP contribution in [0.15, 0.2) is 47.6 Å². The number of fused-ring (bicyclic) bond motifs is 1. The fraction of sp³-hybridized carbons (Fsp3) is 0.480. The minimum Gasteiger partial charge on any atom is -0.303 e. The van der Waals surface area contributed by atoms with E-state index in [0.717, 1.165) is 17.4 Å². The molecule has 1 aliphatic carbocycles. The maximum Gasteiger partial charge on any atom is 0.191 e. The molecule has 0 spiro atoms. The number of nitrogens with zero attached hydrogens (tertiary/aromatic N) is 3. The van der Waals surface area contributed by atoms with Crippen LogP contribution in [0.25, 0.3) is 10.8 Å². The lowest BCUT2D eigenvalue weighted by Gasteiger charge is -2.26. The minimum atomic E-state index is -0.325. The molecule has 0 saturated heterocycles. The van der Waals surface area contributed by atoms with Gasteiger partial charge in [0.25, 0.3) is 0 Å². The van der Waals surface area contributed by atoms with Crippen LogP contribution >= 0.6 is 11.8 Å². The van der Waals surface area contributed by atoms with Gasteiger partial charge in [-0.3, -0.25) is 4.79 Å². The molecule has 0 aliphatic heterocycles. The van der Waals surface area contributed by atoms with E-state index in [9.17, 15) is 4.79 Å². The van der Waals surface area contributed by atoms with Gasteiger partial charge in [-0.15, -0.1) is 10.2 Å². The van der Waals surface area contributed by atoms with E-state index in [2.05, 4.69) is 57.2 Å². The van der Waals surface area contributed by atoms with Gasteiger partial charge >= 0.3 is 0 Å². The van der Waals surface area contributed by atoms with Crippen molar-refractivity contribution in [2.24, 2.45) is 5.41 Å². The standard InChI is InChI=1S/C25H31N3OS/c1-25(2,3)22(29)17-30-24-27-26-23(28(24)20-13-5-4-6-14-20)16-19-12-9-11-18-10-7-8-15-21(18)19/h7-12,15,20H,4-6,13-14,16-17H2,1-3H3. The molecule has 1 aromatic heterocycles. The number of hydrogen-bond donors (Lipinski definition) is 0. The van der Waals surface area contributed by atoms with Crippen molar-refractivity contribution in [1.29, 1.82) is 0 Å². The second-order valence-electron chi connectivity index (χ2n) is 9.34. The number of carbonyl (C=O) groups is 1. The highest BCUT2D eigenvalue weighted by molar-refractivity contribution is 7.99. The molecule has 158 valence electrons. The summed E-state index contributed by atoms with van der Waals surface area (Å²) >= 11 is 1.55. The molecule has 4 rings (SSSR count). The highest BCUT2D eigenvalue weighted by Crippen LogP contribution is 2.34. The van der Waals surface area contributed by atoms with Crippen molar-refractivity contribution in [2.75, 3.05) is 5.75 Å². The molecule has 3 aromatic rings. The normalized spacial score (nSPS) is 15.6. The van der Waals surface area contributed by atoms with Gasteiger partial charge in [0.05, 0.1) is 5.75 Å². The molecule has 0 N–H and O–H groups in total. The Kier molecular flexibility index (Phi) is 6.28. The van der Waals surface area contributed by atoms with Crippen molar-refractivity contribution < 1.29 is 4.79 Å². The van der Waals surface area contributed by atoms with Crippen molar-refractivity contribution in [1.82, 2.24) is 14.8 Å². The Bertz CT molecular complexity index is 1020. The number of carbonyl (C=O) groups excluding carboxylic acids is 1. The Balaban J connectivity index is 1.65. The zero-order valence-electron chi connectivity index (χ0n) is 18.2. The molecule has 1 saturated carbocycles. The van der Waals surface area contributed by atoms with Crippen LogP contribution in [-0.4, -0.2) is 26.3 Å². The number of Topliss-reactive ketones (excluding diaryl/α,β-unsaturated/α-hetero) is 1. The monoisotopic (exact) mass is 421 g/mol. The zero-order valence-corrected chi connectivity index (χ0v) is 19.0. The van der Waals surface area contributed by atoms with Gasteiger partial charge in [0, 0.05) is 17.9 Å². The SMILES string of the molecule is CC(C)(C)C(=O)CSc1nnc(Cc2cccc3ccccc23)n1C1CCCCC1. The second-order valence-corrected chi connectivity index (χ2v) is 10.3. The largest absolute Gasteiger partial charge is 0.303 e. The summed E-state index contributed by atoms with van der Waals surface area (Å²) in [7, 11) is 0. The molecule has 5 heteroatoms. The smallest absolute Gasteiger partial charge is 0.191 e. The quantitative estimate of drug-likeness (QED) is 0.442. The average Bonchev–Trinajstić information content (AvgIpc) is 3.14. The molecule has 0 atom stereocenters. The molecule has 1 aliphatic rings. The van der Waals surface area contributed by atoms with Crippen LogP contribution in [0, 0.1) is 5.41 Å². The maximum atomic E-state index is 12.5. The topological polar surface area (TPSA) is 47.8 Å². The number of thioether (sulfide) groups is 1. The van der Waals surface area contributed by atoms with E-state index < -0.39 is 0 Å². The molecule has 0 unspecified atom stereocenters. The van der Waals surface area contributed by atoms with Crippen molar-refractivity contribution >= 4 is 28.3 Å². The summed E-state index contributed by atoms with van der Waals surface area (Å²) in [6.07, 6.45) is 6.91. The molecular formula is C25H31N3OS. The highest BCUT2D eigenvalue weighted by Gasteiger charge is 2.26. The van der Waals surface area contributed by atoms with Gasteiger partial charge in [0.2, 0.25) is 0 Å². The Morgan fingerprint density at radius 3 is 2.53 bits per heavy atom. The third-order valence-electron chi connectivity index (χ3n) is 6.07. The van der Waals surface area contributed by atoms with Crippen molar-refractivity contribution in [3.63, 3.8) is 0 Å². The summed E-state index contributed by atoms with van der Waals surface area (Å²) < 4.78 is 2.35. The minimum absolute atomic E-state index is 0.251. The summed E-state index contributed by atoms with van der Waals surface area (Å²) in [4.78, 5) is 12.5. The molecule has 0 radical (unpaired) electrons. The number of ketones is 1. The third-order valence-corrected chi connectivity index (χ3v) is 7.02. The lowest BCUT2D eigenvalue weighted by Crippen LogP contribution is -2.22. The number of rotatable bonds is 6. The van der Waals surface area contributed by atoms with E-state index in [1.54, 1.807) is 11.8 Å².